The van der Waals surface area contributed by atoms with Gasteiger partial charge in [-0.15, -0.1) is 0 Å². The fourth-order valence-corrected chi connectivity index (χ4v) is 2.49. The second-order valence-electron chi connectivity index (χ2n) is 3.15. The fourth-order valence-electron chi connectivity index (χ4n) is 1.52. The van der Waals surface area contributed by atoms with Gasteiger partial charge < -0.3 is 5.31 Å². The molecule has 0 amide bonds. The summed E-state index contributed by atoms with van der Waals surface area (Å²) in [5.41, 5.74) is 1.92. The van der Waals surface area contributed by atoms with Crippen molar-refractivity contribution in [2.45, 2.75) is 9.79 Å². The molecule has 1 nitrogen and oxygen atoms in total. The van der Waals surface area contributed by atoms with E-state index >= 15 is 0 Å². The van der Waals surface area contributed by atoms with Gasteiger partial charge in [-0.3, -0.25) is 0 Å². The van der Waals surface area contributed by atoms with Gasteiger partial charge >= 0.3 is 0 Å². The highest BCUT2D eigenvalue weighted by molar-refractivity contribution is 7.99. The first-order valence-electron chi connectivity index (χ1n) is 4.96. The van der Waals surface area contributed by atoms with E-state index in [-0.39, 0.29) is 0 Å². The number of hydrogen-bond donors (Lipinski definition) is 1. The Morgan fingerprint density at radius 1 is 0.857 bits per heavy atom. The van der Waals surface area contributed by atoms with E-state index < -0.39 is 0 Å². The van der Waals surface area contributed by atoms with Gasteiger partial charge in [-0.05, 0) is 24.3 Å². The molecular weight excluding hydrogens is 190 g/mol. The largest absolute Gasteiger partial charge is 0.354 e. The highest BCUT2D eigenvalue weighted by Gasteiger charge is 2.13. The lowest BCUT2D eigenvalue weighted by atomic mass is 10.2. The molecule has 0 fully saturated rings. The van der Waals surface area contributed by atoms with Crippen molar-refractivity contribution in [3.63, 3.8) is 0 Å². The molecule has 0 spiro atoms. The quantitative estimate of drug-likeness (QED) is 0.694. The Hall–Kier alpha value is -1.41. The van der Waals surface area contributed by atoms with Crippen molar-refractivity contribution in [1.29, 1.82) is 0 Å². The number of nitrogens with one attached hydrogen (secondary N) is 1. The molecule has 0 radical (unpaired) electrons. The van der Waals surface area contributed by atoms with E-state index in [1.54, 1.807) is 11.8 Å². The predicted octanol–water partition coefficient (Wildman–Crippen LogP) is 3.89. The third-order valence-corrected chi connectivity index (χ3v) is 3.32. The zero-order valence-corrected chi connectivity index (χ0v) is 8.29. The first-order chi connectivity index (χ1) is 7.36. The maximum Gasteiger partial charge on any atom is 0.167 e. The van der Waals surface area contributed by atoms with E-state index in [0.717, 1.165) is 21.2 Å². The highest BCUT2D eigenvalue weighted by Crippen LogP contribution is 2.43. The molecule has 0 atom stereocenters. The summed E-state index contributed by atoms with van der Waals surface area (Å²) in [4.78, 5) is 2.29. The molecule has 1 aliphatic rings. The van der Waals surface area contributed by atoms with Crippen molar-refractivity contribution in [3.05, 3.63) is 48.5 Å². The van der Waals surface area contributed by atoms with Gasteiger partial charge in [0.25, 0.3) is 0 Å². The van der Waals surface area contributed by atoms with Crippen LogP contribution in [0.5, 0.6) is 0 Å². The van der Waals surface area contributed by atoms with Crippen molar-refractivity contribution in [2.24, 2.45) is 0 Å². The van der Waals surface area contributed by atoms with Gasteiger partial charge in [-0.25, -0.2) is 0 Å². The minimum atomic E-state index is 0.959. The maximum atomic E-state index is 8.06. The summed E-state index contributed by atoms with van der Waals surface area (Å²) in [6.45, 7) is 0. The lowest BCUT2D eigenvalue weighted by Crippen LogP contribution is -1.98. The molecule has 68 valence electrons. The number of hydrogen-bond acceptors (Lipinski definition) is 2. The lowest BCUT2D eigenvalue weighted by Gasteiger charge is -2.19. The summed E-state index contributed by atoms with van der Waals surface area (Å²) >= 11 is 1.72. The summed E-state index contributed by atoms with van der Waals surface area (Å²) in [5, 5.41) is 1.50. The Morgan fingerprint density at radius 2 is 1.36 bits per heavy atom. The van der Waals surface area contributed by atoms with Gasteiger partial charge in [0.05, 0.1) is 11.4 Å². The molecule has 0 saturated heterocycles. The summed E-state index contributed by atoms with van der Waals surface area (Å²) < 4.78 is 8.06. The zero-order valence-electron chi connectivity index (χ0n) is 8.47. The Morgan fingerprint density at radius 3 is 1.93 bits per heavy atom. The van der Waals surface area contributed by atoms with E-state index in [0.29, 0.717) is 0 Å². The first-order valence-corrected chi connectivity index (χ1v) is 5.33. The van der Waals surface area contributed by atoms with Crippen LogP contribution in [-0.2, 0) is 0 Å². The van der Waals surface area contributed by atoms with E-state index in [1.165, 1.54) is 5.31 Å². The van der Waals surface area contributed by atoms with Gasteiger partial charge in [0, 0.05) is 9.79 Å². The molecule has 0 aliphatic carbocycles. The number of benzene rings is 2. The van der Waals surface area contributed by atoms with E-state index in [2.05, 4.69) is 12.1 Å². The van der Waals surface area contributed by atoms with Crippen LogP contribution in [0.3, 0.4) is 0 Å². The molecule has 14 heavy (non-hydrogen) atoms. The van der Waals surface area contributed by atoms with Gasteiger partial charge in [0.2, 0.25) is 0 Å². The van der Waals surface area contributed by atoms with Crippen molar-refractivity contribution in [3.8, 4) is 0 Å². The van der Waals surface area contributed by atoms with Crippen LogP contribution in [0.15, 0.2) is 58.3 Å². The molecule has 1 heterocycles. The van der Waals surface area contributed by atoms with Crippen LogP contribution < -0.4 is 5.31 Å². The van der Waals surface area contributed by atoms with Crippen LogP contribution in [0.4, 0.5) is 11.4 Å². The Labute approximate surface area is 88.6 Å². The number of fused-ring (bicyclic) bond motifs is 2. The molecule has 3 rings (SSSR count). The smallest absolute Gasteiger partial charge is 0.167 e. The Balaban J connectivity index is 2.20. The number of anilines is 2. The molecule has 1 aliphatic heterocycles. The van der Waals surface area contributed by atoms with Crippen LogP contribution in [0.1, 0.15) is 0 Å². The van der Waals surface area contributed by atoms with E-state index in [1.807, 2.05) is 36.4 Å². The average Bonchev–Trinajstić information content (AvgIpc) is 2.30. The third kappa shape index (κ3) is 1.19. The maximum absolute atomic E-state index is 8.06. The Bertz CT molecular complexity index is 467. The van der Waals surface area contributed by atoms with Gasteiger partial charge in [0.1, 0.15) is 0 Å². The second kappa shape index (κ2) is 3.07. The standard InChI is InChI=1S/C12H9NS/c1-3-7-11-9(5-1)13-10-6-2-4-8-12(10)14-11/h1-8,13H/i/hT. The molecular formula is C12H9NS. The van der Waals surface area contributed by atoms with Gasteiger partial charge in [-0.1, -0.05) is 36.0 Å². The van der Waals surface area contributed by atoms with Crippen LogP contribution >= 0.6 is 11.8 Å². The van der Waals surface area contributed by atoms with E-state index in [4.69, 9.17) is 1.41 Å². The number of para-hydroxylation sites is 2. The van der Waals surface area contributed by atoms with Gasteiger partial charge in [-0.2, -0.15) is 0 Å². The van der Waals surface area contributed by atoms with Crippen LogP contribution in [0.25, 0.3) is 0 Å². The van der Waals surface area contributed by atoms with Crippen LogP contribution in [-0.4, -0.2) is 0 Å². The van der Waals surface area contributed by atoms with E-state index in [9.17, 15) is 0 Å². The molecule has 2 aromatic rings. The van der Waals surface area contributed by atoms with Crippen LogP contribution in [0.2, 0.25) is 1.41 Å². The number of rotatable bonds is 0. The fraction of sp³-hybridized carbons (Fsp3) is 0. The minimum Gasteiger partial charge on any atom is -0.354 e. The third-order valence-electron chi connectivity index (χ3n) is 2.19. The molecule has 0 bridgehead atoms. The zero-order chi connectivity index (χ0) is 10.3. The summed E-state index contributed by atoms with van der Waals surface area (Å²) in [6.07, 6.45) is 0. The minimum absolute atomic E-state index is 0.959. The molecule has 2 aromatic carbocycles. The SMILES string of the molecule is [3H]N1c2ccccc2Sc2ccccc21. The summed E-state index contributed by atoms with van der Waals surface area (Å²) in [5.74, 6) is 0. The normalized spacial score (nSPS) is 14.3. The van der Waals surface area contributed by atoms with Gasteiger partial charge in [0.15, 0.2) is 1.41 Å². The van der Waals surface area contributed by atoms with Crippen molar-refractivity contribution in [2.75, 3.05) is 5.31 Å². The van der Waals surface area contributed by atoms with Crippen molar-refractivity contribution < 1.29 is 1.41 Å². The average molecular weight is 201 g/mol. The van der Waals surface area contributed by atoms with Crippen LogP contribution in [0, 0.1) is 0 Å². The predicted molar refractivity (Wildman–Crippen MR) is 60.3 cm³/mol. The van der Waals surface area contributed by atoms with Crippen molar-refractivity contribution >= 4 is 23.1 Å². The topological polar surface area (TPSA) is 12.0 Å². The molecule has 0 saturated carbocycles. The lowest BCUT2D eigenvalue weighted by molar-refractivity contribution is 1.32. The molecule has 0 aromatic heterocycles. The monoisotopic (exact) mass is 201 g/mol. The molecule has 0 unspecified atom stereocenters. The summed E-state index contributed by atoms with van der Waals surface area (Å²) in [7, 11) is 0. The highest BCUT2D eigenvalue weighted by atomic mass is 32.2. The second-order valence-corrected chi connectivity index (χ2v) is 4.23. The molecule has 1 N–H and O–H groups in total. The first kappa shape index (κ1) is 6.96. The summed E-state index contributed by atoms with van der Waals surface area (Å²) in [6, 6.07) is 16.0. The molecule has 2 heteroatoms. The van der Waals surface area contributed by atoms with Crippen molar-refractivity contribution in [1.82, 2.24) is 0 Å². The Kier molecular flexibility index (Phi) is 1.52.